The number of nitrogens with one attached hydrogen (secondary N) is 2. The second-order valence-corrected chi connectivity index (χ2v) is 5.55. The van der Waals surface area contributed by atoms with Crippen LogP contribution in [0.15, 0.2) is 18.2 Å². The molecule has 26 heavy (non-hydrogen) atoms. The highest BCUT2D eigenvalue weighted by Crippen LogP contribution is 2.30. The molecule has 0 aliphatic carbocycles. The number of aromatic nitrogens is 3. The fourth-order valence-corrected chi connectivity index (χ4v) is 2.58. The molecule has 1 aliphatic heterocycles. The fourth-order valence-electron chi connectivity index (χ4n) is 2.58. The third-order valence-corrected chi connectivity index (χ3v) is 3.87. The van der Waals surface area contributed by atoms with Gasteiger partial charge in [-0.05, 0) is 6.07 Å². The molecule has 2 heterocycles. The lowest BCUT2D eigenvalue weighted by atomic mass is 10.2. The second kappa shape index (κ2) is 6.78. The molecule has 0 saturated heterocycles. The molecule has 136 valence electrons. The molecule has 11 heteroatoms. The number of nitro groups is 1. The first-order valence-corrected chi connectivity index (χ1v) is 7.81. The van der Waals surface area contributed by atoms with Gasteiger partial charge in [0.05, 0.1) is 30.2 Å². The molecule has 0 radical (unpaired) electrons. The van der Waals surface area contributed by atoms with Gasteiger partial charge >= 0.3 is 0 Å². The fraction of sp³-hybridized carbons (Fsp3) is 0.333. The number of rotatable bonds is 6. The van der Waals surface area contributed by atoms with Gasteiger partial charge in [0.2, 0.25) is 11.9 Å². The van der Waals surface area contributed by atoms with Crippen molar-refractivity contribution in [2.45, 2.75) is 25.8 Å². The Morgan fingerprint density at radius 1 is 1.50 bits per heavy atom. The first-order valence-electron chi connectivity index (χ1n) is 7.81. The van der Waals surface area contributed by atoms with E-state index in [2.05, 4.69) is 20.7 Å². The number of amides is 2. The Kier molecular flexibility index (Phi) is 4.52. The largest absolute Gasteiger partial charge is 0.494 e. The highest BCUT2D eigenvalue weighted by Gasteiger charge is 2.34. The van der Waals surface area contributed by atoms with E-state index in [1.807, 2.05) is 6.92 Å². The van der Waals surface area contributed by atoms with Crippen molar-refractivity contribution < 1.29 is 19.2 Å². The Bertz CT molecular complexity index is 893. The molecule has 1 aromatic carbocycles. The van der Waals surface area contributed by atoms with Gasteiger partial charge < -0.3 is 10.1 Å². The number of nitro benzene ring substituents is 1. The monoisotopic (exact) mass is 360 g/mol. The van der Waals surface area contributed by atoms with Crippen LogP contribution in [0.3, 0.4) is 0 Å². The maximum absolute atomic E-state index is 12.3. The lowest BCUT2D eigenvalue weighted by Crippen LogP contribution is -2.24. The third kappa shape index (κ3) is 3.18. The summed E-state index contributed by atoms with van der Waals surface area (Å²) in [6.45, 7) is 1.88. The van der Waals surface area contributed by atoms with E-state index in [0.29, 0.717) is 18.2 Å². The molecule has 1 aromatic heterocycles. The zero-order valence-electron chi connectivity index (χ0n) is 14.1. The molecule has 2 amide bonds. The number of anilines is 2. The summed E-state index contributed by atoms with van der Waals surface area (Å²) in [5.74, 6) is 0.213. The van der Waals surface area contributed by atoms with Gasteiger partial charge in [-0.15, -0.1) is 0 Å². The highest BCUT2D eigenvalue weighted by molar-refractivity contribution is 6.01. The summed E-state index contributed by atoms with van der Waals surface area (Å²) < 4.78 is 6.47. The van der Waals surface area contributed by atoms with E-state index in [4.69, 9.17) is 4.74 Å². The van der Waals surface area contributed by atoms with Gasteiger partial charge in [-0.1, -0.05) is 6.92 Å². The van der Waals surface area contributed by atoms with Crippen molar-refractivity contribution in [3.8, 4) is 5.75 Å². The number of ether oxygens (including phenoxy) is 1. The van der Waals surface area contributed by atoms with E-state index < -0.39 is 16.9 Å². The van der Waals surface area contributed by atoms with E-state index in [9.17, 15) is 19.7 Å². The standard InChI is InChI=1S/C15H16N6O5/c1-3-12-17-15-18-14(23)10(20(15)19-12)7-13(22)16-9-5-4-8(21(24)25)6-11(9)26-2/h4-6,10H,3,7H2,1-2H3,(H,16,22)(H,17,18,19,23)/t10-/m0/s1. The number of hydrogen-bond donors (Lipinski definition) is 2. The Labute approximate surface area is 147 Å². The number of methoxy groups -OCH3 is 1. The van der Waals surface area contributed by atoms with Gasteiger partial charge in [0.1, 0.15) is 11.8 Å². The minimum atomic E-state index is -0.804. The predicted octanol–water partition coefficient (Wildman–Crippen LogP) is 1.28. The van der Waals surface area contributed by atoms with Crippen molar-refractivity contribution in [1.29, 1.82) is 0 Å². The lowest BCUT2D eigenvalue weighted by molar-refractivity contribution is -0.384. The minimum absolute atomic E-state index is 0.151. The Hall–Kier alpha value is -3.50. The zero-order valence-corrected chi connectivity index (χ0v) is 14.1. The number of aryl methyl sites for hydroxylation is 1. The van der Waals surface area contributed by atoms with Crippen molar-refractivity contribution in [2.75, 3.05) is 17.7 Å². The lowest BCUT2D eigenvalue weighted by Gasteiger charge is -2.12. The van der Waals surface area contributed by atoms with Gasteiger partial charge in [-0.25, -0.2) is 4.68 Å². The molecular formula is C15H16N6O5. The van der Waals surface area contributed by atoms with Crippen LogP contribution in [-0.4, -0.2) is 38.6 Å². The van der Waals surface area contributed by atoms with E-state index in [0.717, 1.165) is 0 Å². The van der Waals surface area contributed by atoms with E-state index in [1.165, 1.54) is 30.0 Å². The molecule has 0 fully saturated rings. The molecule has 0 unspecified atom stereocenters. The molecular weight excluding hydrogens is 344 g/mol. The van der Waals surface area contributed by atoms with Crippen LogP contribution in [0.2, 0.25) is 0 Å². The summed E-state index contributed by atoms with van der Waals surface area (Å²) in [6, 6.07) is 3.03. The van der Waals surface area contributed by atoms with E-state index >= 15 is 0 Å². The third-order valence-electron chi connectivity index (χ3n) is 3.87. The summed E-state index contributed by atoms with van der Waals surface area (Å²) in [5.41, 5.74) is 0.115. The average Bonchev–Trinajstić information content (AvgIpc) is 3.13. The van der Waals surface area contributed by atoms with Crippen LogP contribution in [0, 0.1) is 10.1 Å². The maximum atomic E-state index is 12.3. The summed E-state index contributed by atoms with van der Waals surface area (Å²) in [4.78, 5) is 38.8. The zero-order chi connectivity index (χ0) is 18.8. The smallest absolute Gasteiger partial charge is 0.273 e. The summed E-state index contributed by atoms with van der Waals surface area (Å²) in [5, 5.41) is 20.2. The van der Waals surface area contributed by atoms with Gasteiger partial charge in [0.15, 0.2) is 5.82 Å². The van der Waals surface area contributed by atoms with Crippen molar-refractivity contribution >= 4 is 29.1 Å². The topological polar surface area (TPSA) is 141 Å². The van der Waals surface area contributed by atoms with Gasteiger partial charge in [-0.2, -0.15) is 10.1 Å². The Morgan fingerprint density at radius 3 is 2.92 bits per heavy atom. The van der Waals surface area contributed by atoms with E-state index in [-0.39, 0.29) is 29.5 Å². The van der Waals surface area contributed by atoms with Crippen LogP contribution >= 0.6 is 0 Å². The van der Waals surface area contributed by atoms with Crippen molar-refractivity contribution in [1.82, 2.24) is 14.8 Å². The quantitative estimate of drug-likeness (QED) is 0.584. The van der Waals surface area contributed by atoms with Crippen LogP contribution in [0.5, 0.6) is 5.75 Å². The van der Waals surface area contributed by atoms with Crippen molar-refractivity contribution in [2.24, 2.45) is 0 Å². The number of hydrogen-bond acceptors (Lipinski definition) is 7. The Morgan fingerprint density at radius 2 is 2.27 bits per heavy atom. The van der Waals surface area contributed by atoms with Crippen LogP contribution in [0.25, 0.3) is 0 Å². The molecule has 0 bridgehead atoms. The number of carbonyl (C=O) groups is 2. The van der Waals surface area contributed by atoms with E-state index in [1.54, 1.807) is 0 Å². The van der Waals surface area contributed by atoms with Gasteiger partial charge in [0.25, 0.3) is 11.6 Å². The normalized spacial score (nSPS) is 15.3. The number of non-ortho nitro benzene ring substituents is 1. The second-order valence-electron chi connectivity index (χ2n) is 5.55. The number of fused-ring (bicyclic) bond motifs is 1. The van der Waals surface area contributed by atoms with Crippen LogP contribution in [0.4, 0.5) is 17.3 Å². The highest BCUT2D eigenvalue weighted by atomic mass is 16.6. The number of nitrogens with zero attached hydrogens (tertiary/aromatic N) is 4. The number of benzene rings is 1. The SMILES string of the molecule is CCc1nc2n(n1)[C@@H](CC(=O)Nc1ccc([N+](=O)[O-])cc1OC)C(=O)N2. The van der Waals surface area contributed by atoms with Gasteiger partial charge in [0, 0.05) is 12.5 Å². The minimum Gasteiger partial charge on any atom is -0.494 e. The molecule has 1 atom stereocenters. The van der Waals surface area contributed by atoms with Crippen LogP contribution < -0.4 is 15.4 Å². The van der Waals surface area contributed by atoms with Gasteiger partial charge in [-0.3, -0.25) is 25.0 Å². The maximum Gasteiger partial charge on any atom is 0.273 e. The molecule has 2 aromatic rings. The molecule has 2 N–H and O–H groups in total. The Balaban J connectivity index is 1.75. The summed E-state index contributed by atoms with van der Waals surface area (Å²) >= 11 is 0. The molecule has 1 aliphatic rings. The number of carbonyl (C=O) groups excluding carboxylic acids is 2. The first-order chi connectivity index (χ1) is 12.4. The molecule has 0 saturated carbocycles. The molecule has 11 nitrogen and oxygen atoms in total. The van der Waals surface area contributed by atoms with Crippen LogP contribution in [-0.2, 0) is 16.0 Å². The first kappa shape index (κ1) is 17.3. The van der Waals surface area contributed by atoms with Crippen LogP contribution in [0.1, 0.15) is 25.2 Å². The predicted molar refractivity (Wildman–Crippen MR) is 90.0 cm³/mol. The molecule has 0 spiro atoms. The molecule has 3 rings (SSSR count). The summed E-state index contributed by atoms with van der Waals surface area (Å²) in [7, 11) is 1.34. The van der Waals surface area contributed by atoms with Crippen molar-refractivity contribution in [3.63, 3.8) is 0 Å². The average molecular weight is 360 g/mol. The summed E-state index contributed by atoms with van der Waals surface area (Å²) in [6.07, 6.45) is 0.445. The van der Waals surface area contributed by atoms with Crippen molar-refractivity contribution in [3.05, 3.63) is 34.1 Å².